The molecule has 2 aliphatic heterocycles. The molecule has 0 spiro atoms. The number of halogens is 3. The van der Waals surface area contributed by atoms with Crippen molar-refractivity contribution >= 4 is 0 Å². The summed E-state index contributed by atoms with van der Waals surface area (Å²) in [6.07, 6.45) is -1.63. The molecule has 0 saturated carbocycles. The number of pyridine rings is 2. The molecule has 108 valence electrons. The average Bonchev–Trinajstić information content (AvgIpc) is 2.90. The highest BCUT2D eigenvalue weighted by Gasteiger charge is 2.32. The molecule has 0 atom stereocenters. The van der Waals surface area contributed by atoms with Crippen molar-refractivity contribution in [3.05, 3.63) is 48.3 Å². The Morgan fingerprint density at radius 1 is 1.10 bits per heavy atom. The third kappa shape index (κ3) is 2.49. The van der Waals surface area contributed by atoms with Crippen LogP contribution in [-0.4, -0.2) is 14.5 Å². The molecule has 3 rings (SSSR count). The van der Waals surface area contributed by atoms with Gasteiger partial charge in [0.1, 0.15) is 0 Å². The van der Waals surface area contributed by atoms with Gasteiger partial charge in [0.05, 0.1) is 28.3 Å². The van der Waals surface area contributed by atoms with Crippen LogP contribution in [0.25, 0.3) is 22.8 Å². The number of aryl methyl sites for hydroxylation is 1. The molecular weight excluding hydrogens is 279 g/mol. The highest BCUT2D eigenvalue weighted by molar-refractivity contribution is 5.70. The van der Waals surface area contributed by atoms with E-state index in [4.69, 9.17) is 0 Å². The standard InChI is InChI=1S/C15H12F3N3/c1-2-21-9-10(15(16,17)18)7-13-14(21)8-12(20-13)11-5-3-4-6-19-11/h3-9H,2H2,1H3. The van der Waals surface area contributed by atoms with Crippen molar-refractivity contribution in [2.24, 2.45) is 0 Å². The van der Waals surface area contributed by atoms with Crippen molar-refractivity contribution in [3.63, 3.8) is 0 Å². The lowest BCUT2D eigenvalue weighted by Gasteiger charge is -2.14. The lowest BCUT2D eigenvalue weighted by Crippen LogP contribution is -2.10. The van der Waals surface area contributed by atoms with Crippen LogP contribution in [0.2, 0.25) is 0 Å². The van der Waals surface area contributed by atoms with Gasteiger partial charge in [-0.3, -0.25) is 4.98 Å². The van der Waals surface area contributed by atoms with Crippen LogP contribution in [-0.2, 0) is 12.7 Å². The quantitative estimate of drug-likeness (QED) is 0.712. The van der Waals surface area contributed by atoms with Crippen molar-refractivity contribution < 1.29 is 13.2 Å². The highest BCUT2D eigenvalue weighted by atomic mass is 19.4. The largest absolute Gasteiger partial charge is 0.417 e. The highest BCUT2D eigenvalue weighted by Crippen LogP contribution is 2.35. The van der Waals surface area contributed by atoms with E-state index in [1.54, 1.807) is 35.9 Å². The SMILES string of the molecule is CCn1cc(C(F)(F)F)cc2nc(-c3ccccn3)cc1-2. The summed E-state index contributed by atoms with van der Waals surface area (Å²) in [4.78, 5) is 8.46. The number of fused-ring (bicyclic) bond motifs is 1. The number of rotatable bonds is 2. The molecule has 6 heteroatoms. The molecule has 0 aromatic carbocycles. The Labute approximate surface area is 119 Å². The van der Waals surface area contributed by atoms with Crippen molar-refractivity contribution in [2.75, 3.05) is 0 Å². The summed E-state index contributed by atoms with van der Waals surface area (Å²) < 4.78 is 40.3. The van der Waals surface area contributed by atoms with Crippen molar-refractivity contribution in [1.82, 2.24) is 14.5 Å². The first-order valence-corrected chi connectivity index (χ1v) is 6.48. The molecule has 0 amide bonds. The van der Waals surface area contributed by atoms with Gasteiger partial charge in [0, 0.05) is 18.9 Å². The van der Waals surface area contributed by atoms with Gasteiger partial charge in [-0.25, -0.2) is 4.98 Å². The first-order valence-electron chi connectivity index (χ1n) is 6.48. The van der Waals surface area contributed by atoms with Gasteiger partial charge in [0.2, 0.25) is 0 Å². The lowest BCUT2D eigenvalue weighted by molar-refractivity contribution is -0.138. The zero-order valence-corrected chi connectivity index (χ0v) is 11.2. The molecule has 0 aliphatic carbocycles. The van der Waals surface area contributed by atoms with Crippen LogP contribution in [0.1, 0.15) is 12.5 Å². The molecule has 0 fully saturated rings. The summed E-state index contributed by atoms with van der Waals surface area (Å²) in [5.41, 5.74) is 1.53. The summed E-state index contributed by atoms with van der Waals surface area (Å²) in [7, 11) is 0. The van der Waals surface area contributed by atoms with Gasteiger partial charge in [0.25, 0.3) is 0 Å². The normalized spacial score (nSPS) is 12.0. The van der Waals surface area contributed by atoms with Gasteiger partial charge in [0.15, 0.2) is 0 Å². The molecule has 2 aliphatic rings. The molecule has 0 radical (unpaired) electrons. The maximum Gasteiger partial charge on any atom is 0.417 e. The van der Waals surface area contributed by atoms with Crippen LogP contribution in [0, 0.1) is 0 Å². The van der Waals surface area contributed by atoms with Crippen LogP contribution < -0.4 is 0 Å². The van der Waals surface area contributed by atoms with Crippen molar-refractivity contribution in [2.45, 2.75) is 19.6 Å². The molecule has 0 bridgehead atoms. The molecule has 0 N–H and O–H groups in total. The number of nitrogens with zero attached hydrogens (tertiary/aromatic N) is 3. The van der Waals surface area contributed by atoms with Crippen LogP contribution in [0.3, 0.4) is 0 Å². The summed E-state index contributed by atoms with van der Waals surface area (Å²) in [5.74, 6) is 0. The van der Waals surface area contributed by atoms with E-state index in [2.05, 4.69) is 9.97 Å². The molecule has 21 heavy (non-hydrogen) atoms. The van der Waals surface area contributed by atoms with Gasteiger partial charge in [-0.15, -0.1) is 0 Å². The molecular formula is C15H12F3N3. The number of aromatic nitrogens is 3. The summed E-state index contributed by atoms with van der Waals surface area (Å²) in [5, 5.41) is 0. The Hall–Kier alpha value is -2.37. The third-order valence-electron chi connectivity index (χ3n) is 3.27. The average molecular weight is 291 g/mol. The van der Waals surface area contributed by atoms with E-state index in [1.165, 1.54) is 0 Å². The fourth-order valence-electron chi connectivity index (χ4n) is 2.24. The topological polar surface area (TPSA) is 30.7 Å². The summed E-state index contributed by atoms with van der Waals surface area (Å²) in [6.45, 7) is 2.24. The van der Waals surface area contributed by atoms with E-state index in [0.717, 1.165) is 12.3 Å². The van der Waals surface area contributed by atoms with Gasteiger partial charge in [-0.2, -0.15) is 13.2 Å². The van der Waals surface area contributed by atoms with Crippen molar-refractivity contribution in [1.29, 1.82) is 0 Å². The van der Waals surface area contributed by atoms with Crippen LogP contribution in [0.5, 0.6) is 0 Å². The molecule has 1 aromatic heterocycles. The Bertz CT molecular complexity index is 732. The second-order valence-corrected chi connectivity index (χ2v) is 4.64. The Morgan fingerprint density at radius 2 is 1.90 bits per heavy atom. The van der Waals surface area contributed by atoms with Crippen LogP contribution in [0.4, 0.5) is 13.2 Å². The van der Waals surface area contributed by atoms with E-state index in [-0.39, 0.29) is 0 Å². The maximum atomic E-state index is 12.9. The Morgan fingerprint density at radius 3 is 2.52 bits per heavy atom. The molecule has 3 heterocycles. The van der Waals surface area contributed by atoms with Gasteiger partial charge in [-0.1, -0.05) is 6.07 Å². The Balaban J connectivity index is 2.19. The second kappa shape index (κ2) is 4.87. The summed E-state index contributed by atoms with van der Waals surface area (Å²) in [6, 6.07) is 8.22. The second-order valence-electron chi connectivity index (χ2n) is 4.64. The van der Waals surface area contributed by atoms with Gasteiger partial charge >= 0.3 is 6.18 Å². The molecule has 0 unspecified atom stereocenters. The monoisotopic (exact) mass is 291 g/mol. The van der Waals surface area contributed by atoms with E-state index < -0.39 is 11.7 Å². The first kappa shape index (κ1) is 13.6. The minimum Gasteiger partial charge on any atom is -0.346 e. The van der Waals surface area contributed by atoms with E-state index in [1.807, 2.05) is 6.07 Å². The minimum absolute atomic E-state index is 0.326. The van der Waals surface area contributed by atoms with E-state index in [0.29, 0.717) is 29.3 Å². The predicted octanol–water partition coefficient (Wildman–Crippen LogP) is 4.09. The van der Waals surface area contributed by atoms with Crippen LogP contribution in [0.15, 0.2) is 42.7 Å². The number of hydrogen-bond acceptors (Lipinski definition) is 2. The Kier molecular flexibility index (Phi) is 3.16. The smallest absolute Gasteiger partial charge is 0.346 e. The number of alkyl halides is 3. The minimum atomic E-state index is -4.38. The molecule has 3 nitrogen and oxygen atoms in total. The van der Waals surface area contributed by atoms with Gasteiger partial charge < -0.3 is 4.57 Å². The molecule has 0 saturated heterocycles. The van der Waals surface area contributed by atoms with Crippen molar-refractivity contribution in [3.8, 4) is 22.8 Å². The zero-order chi connectivity index (χ0) is 15.0. The summed E-state index contributed by atoms with van der Waals surface area (Å²) >= 11 is 0. The molecule has 1 aromatic rings. The zero-order valence-electron chi connectivity index (χ0n) is 11.2. The van der Waals surface area contributed by atoms with Gasteiger partial charge in [-0.05, 0) is 31.2 Å². The fraction of sp³-hybridized carbons (Fsp3) is 0.200. The lowest BCUT2D eigenvalue weighted by atomic mass is 10.2. The third-order valence-corrected chi connectivity index (χ3v) is 3.27. The van der Waals surface area contributed by atoms with Crippen LogP contribution >= 0.6 is 0 Å². The predicted molar refractivity (Wildman–Crippen MR) is 72.8 cm³/mol. The number of hydrogen-bond donors (Lipinski definition) is 0. The maximum absolute atomic E-state index is 12.9. The first-order chi connectivity index (χ1) is 9.99. The fourth-order valence-corrected chi connectivity index (χ4v) is 2.24. The van der Waals surface area contributed by atoms with E-state index >= 15 is 0 Å². The van der Waals surface area contributed by atoms with E-state index in [9.17, 15) is 13.2 Å².